The zero-order valence-electron chi connectivity index (χ0n) is 18.9. The number of carbonyl (C=O) groups excluding carboxylic acids is 1. The number of rotatable bonds is 6. The highest BCUT2D eigenvalue weighted by atomic mass is 35.5. The molecule has 174 valence electrons. The Labute approximate surface area is 200 Å². The van der Waals surface area contributed by atoms with Crippen LogP contribution in [0.2, 0.25) is 0 Å². The molecule has 1 aliphatic rings. The quantitative estimate of drug-likeness (QED) is 0.380. The van der Waals surface area contributed by atoms with Gasteiger partial charge < -0.3 is 15.0 Å². The first kappa shape index (κ1) is 22.2. The molecule has 1 aliphatic carbocycles. The molecule has 1 fully saturated rings. The van der Waals surface area contributed by atoms with Crippen molar-refractivity contribution in [1.29, 1.82) is 0 Å². The minimum absolute atomic E-state index is 0.0210. The van der Waals surface area contributed by atoms with Gasteiger partial charge in [-0.05, 0) is 37.7 Å². The van der Waals surface area contributed by atoms with Crippen LogP contribution in [0.15, 0.2) is 18.6 Å². The number of alkyl halides is 1. The zero-order valence-corrected chi connectivity index (χ0v) is 20.5. The van der Waals surface area contributed by atoms with Crippen molar-refractivity contribution < 1.29 is 9.53 Å². The predicted molar refractivity (Wildman–Crippen MR) is 130 cm³/mol. The van der Waals surface area contributed by atoms with Crippen LogP contribution >= 0.6 is 22.9 Å². The molecule has 0 unspecified atom stereocenters. The van der Waals surface area contributed by atoms with Crippen LogP contribution in [0.4, 0.5) is 0 Å². The zero-order chi connectivity index (χ0) is 23.1. The molecule has 33 heavy (non-hydrogen) atoms. The summed E-state index contributed by atoms with van der Waals surface area (Å²) in [5, 5.41) is 8.49. The monoisotopic (exact) mass is 486 g/mol. The summed E-state index contributed by atoms with van der Waals surface area (Å²) in [7, 11) is 1.65. The maximum absolute atomic E-state index is 11.6. The molecule has 0 bridgehead atoms. The number of amides is 1. The van der Waals surface area contributed by atoms with Crippen LogP contribution in [-0.2, 0) is 4.79 Å². The van der Waals surface area contributed by atoms with E-state index in [1.807, 2.05) is 12.3 Å². The molecule has 0 saturated heterocycles. The third-order valence-electron chi connectivity index (χ3n) is 6.40. The third kappa shape index (κ3) is 4.08. The number of methoxy groups -OCH3 is 1. The molecule has 0 aromatic carbocycles. The number of pyridine rings is 1. The molecule has 4 aromatic rings. The number of aromatic nitrogens is 5. The van der Waals surface area contributed by atoms with Gasteiger partial charge in [-0.3, -0.25) is 4.79 Å². The first-order valence-electron chi connectivity index (χ1n) is 11.2. The Morgan fingerprint density at radius 2 is 2.15 bits per heavy atom. The van der Waals surface area contributed by atoms with Gasteiger partial charge in [0.05, 0.1) is 17.8 Å². The summed E-state index contributed by atoms with van der Waals surface area (Å²) in [5.41, 5.74) is 5.00. The Balaban J connectivity index is 1.46. The fourth-order valence-electron chi connectivity index (χ4n) is 4.80. The van der Waals surface area contributed by atoms with Crippen molar-refractivity contribution in [1.82, 2.24) is 29.9 Å². The molecule has 4 heterocycles. The number of hydrogen-bond acceptors (Lipinski definition) is 6. The Hall–Kier alpha value is -2.65. The highest BCUT2D eigenvalue weighted by molar-refractivity contribution is 7.18. The fourth-order valence-corrected chi connectivity index (χ4v) is 6.03. The number of H-pyrrole nitrogens is 1. The van der Waals surface area contributed by atoms with Gasteiger partial charge in [0.25, 0.3) is 0 Å². The highest BCUT2D eigenvalue weighted by Gasteiger charge is 2.28. The van der Waals surface area contributed by atoms with Crippen LogP contribution in [-0.4, -0.2) is 49.5 Å². The third-order valence-corrected chi connectivity index (χ3v) is 7.77. The first-order valence-corrected chi connectivity index (χ1v) is 12.6. The van der Waals surface area contributed by atoms with Gasteiger partial charge in [-0.2, -0.15) is 5.10 Å². The van der Waals surface area contributed by atoms with E-state index in [2.05, 4.69) is 34.2 Å². The molecular weight excluding hydrogens is 460 g/mol. The molecule has 1 amide bonds. The lowest BCUT2D eigenvalue weighted by atomic mass is 9.86. The lowest BCUT2D eigenvalue weighted by molar-refractivity contribution is -0.119. The standard InChI is InChI=1S/C23H27ClN6O2S/c1-12(2)18-19(14-8-16(32-3)21-25-11-26-30(21)10-14)28-23-20(18)29-22(33-23)13-4-6-15(7-5-13)27-17(31)9-24/h8,10-13,15,28H,4-7,9H2,1-3H3,(H,27,31). The summed E-state index contributed by atoms with van der Waals surface area (Å²) < 4.78 is 7.30. The number of hydrogen-bond donors (Lipinski definition) is 2. The van der Waals surface area contributed by atoms with E-state index >= 15 is 0 Å². The van der Waals surface area contributed by atoms with Gasteiger partial charge in [0.2, 0.25) is 5.91 Å². The van der Waals surface area contributed by atoms with Crippen molar-refractivity contribution >= 4 is 44.8 Å². The van der Waals surface area contributed by atoms with Gasteiger partial charge in [-0.25, -0.2) is 14.5 Å². The molecule has 8 nitrogen and oxygen atoms in total. The van der Waals surface area contributed by atoms with Crippen molar-refractivity contribution in [3.05, 3.63) is 29.2 Å². The minimum atomic E-state index is -0.0857. The van der Waals surface area contributed by atoms with Crippen LogP contribution < -0.4 is 10.1 Å². The second-order valence-electron chi connectivity index (χ2n) is 8.87. The van der Waals surface area contributed by atoms with Crippen molar-refractivity contribution in [3.8, 4) is 17.0 Å². The number of ether oxygens (including phenoxy) is 1. The van der Waals surface area contributed by atoms with E-state index in [1.165, 1.54) is 16.9 Å². The van der Waals surface area contributed by atoms with Crippen molar-refractivity contribution in [2.45, 2.75) is 57.4 Å². The van der Waals surface area contributed by atoms with E-state index in [-0.39, 0.29) is 17.8 Å². The molecule has 0 spiro atoms. The number of fused-ring (bicyclic) bond motifs is 2. The van der Waals surface area contributed by atoms with E-state index in [1.54, 1.807) is 23.0 Å². The molecular formula is C23H27ClN6O2S. The van der Waals surface area contributed by atoms with Gasteiger partial charge in [-0.15, -0.1) is 22.9 Å². The Bertz CT molecular complexity index is 1300. The maximum atomic E-state index is 11.6. The molecule has 0 aliphatic heterocycles. The average Bonchev–Trinajstić information content (AvgIpc) is 3.52. The van der Waals surface area contributed by atoms with Crippen LogP contribution in [0.1, 0.15) is 61.9 Å². The maximum Gasteiger partial charge on any atom is 0.235 e. The SMILES string of the molecule is COc1cc(-c2[nH]c3sc(C4CCC(NC(=O)CCl)CC4)nc3c2C(C)C)cn2ncnc12. The summed E-state index contributed by atoms with van der Waals surface area (Å²) >= 11 is 7.37. The summed E-state index contributed by atoms with van der Waals surface area (Å²) in [6, 6.07) is 2.22. The first-order chi connectivity index (χ1) is 16.0. The van der Waals surface area contributed by atoms with Crippen molar-refractivity contribution in [2.24, 2.45) is 0 Å². The lowest BCUT2D eigenvalue weighted by Crippen LogP contribution is -2.37. The smallest absolute Gasteiger partial charge is 0.235 e. The fraction of sp³-hybridized carbons (Fsp3) is 0.478. The van der Waals surface area contributed by atoms with E-state index in [0.29, 0.717) is 23.2 Å². The normalized spacial score (nSPS) is 18.9. The average molecular weight is 487 g/mol. The number of halogens is 1. The Kier molecular flexibility index (Phi) is 6.01. The number of nitrogens with one attached hydrogen (secondary N) is 2. The molecule has 5 rings (SSSR count). The van der Waals surface area contributed by atoms with Gasteiger partial charge in [-0.1, -0.05) is 13.8 Å². The Morgan fingerprint density at radius 1 is 1.36 bits per heavy atom. The Morgan fingerprint density at radius 3 is 2.85 bits per heavy atom. The summed E-state index contributed by atoms with van der Waals surface area (Å²) in [5.74, 6) is 1.34. The highest BCUT2D eigenvalue weighted by Crippen LogP contribution is 2.42. The van der Waals surface area contributed by atoms with Crippen LogP contribution in [0, 0.1) is 0 Å². The molecule has 10 heteroatoms. The van der Waals surface area contributed by atoms with Crippen molar-refractivity contribution in [2.75, 3.05) is 13.0 Å². The summed E-state index contributed by atoms with van der Waals surface area (Å²) in [6.45, 7) is 4.39. The molecule has 1 saturated carbocycles. The summed E-state index contributed by atoms with van der Waals surface area (Å²) in [6.07, 6.45) is 7.47. The van der Waals surface area contributed by atoms with Crippen LogP contribution in [0.5, 0.6) is 5.75 Å². The number of nitrogens with zero attached hydrogens (tertiary/aromatic N) is 4. The van der Waals surface area contributed by atoms with Gasteiger partial charge >= 0.3 is 0 Å². The second kappa shape index (κ2) is 8.95. The van der Waals surface area contributed by atoms with Crippen LogP contribution in [0.25, 0.3) is 27.3 Å². The van der Waals surface area contributed by atoms with E-state index in [4.69, 9.17) is 21.3 Å². The lowest BCUT2D eigenvalue weighted by Gasteiger charge is -2.27. The predicted octanol–water partition coefficient (Wildman–Crippen LogP) is 4.85. The van der Waals surface area contributed by atoms with E-state index in [0.717, 1.165) is 47.3 Å². The number of aromatic amines is 1. The van der Waals surface area contributed by atoms with E-state index in [9.17, 15) is 4.79 Å². The number of thiazole rings is 1. The van der Waals surface area contributed by atoms with E-state index < -0.39 is 0 Å². The number of carbonyl (C=O) groups is 1. The van der Waals surface area contributed by atoms with Gasteiger partial charge in [0, 0.05) is 29.3 Å². The minimum Gasteiger partial charge on any atom is -0.493 e. The molecule has 4 aromatic heterocycles. The topological polar surface area (TPSA) is 97.2 Å². The molecule has 0 radical (unpaired) electrons. The van der Waals surface area contributed by atoms with Gasteiger partial charge in [0.1, 0.15) is 22.6 Å². The van der Waals surface area contributed by atoms with Crippen molar-refractivity contribution in [3.63, 3.8) is 0 Å². The van der Waals surface area contributed by atoms with Crippen LogP contribution in [0.3, 0.4) is 0 Å². The molecule has 0 atom stereocenters. The van der Waals surface area contributed by atoms with Gasteiger partial charge in [0.15, 0.2) is 11.4 Å². The largest absolute Gasteiger partial charge is 0.493 e. The molecule has 2 N–H and O–H groups in total. The second-order valence-corrected chi connectivity index (χ2v) is 10.2. The summed E-state index contributed by atoms with van der Waals surface area (Å²) in [4.78, 5) is 25.7.